The van der Waals surface area contributed by atoms with Crippen LogP contribution in [0.1, 0.15) is 0 Å². The molecule has 2 aliphatic rings. The number of rotatable bonds is 3. The number of hydrogen-bond donors (Lipinski definition) is 1. The Hall–Kier alpha value is -1.74. The van der Waals surface area contributed by atoms with Gasteiger partial charge in [0.05, 0.1) is 16.6 Å². The molecule has 118 valence electrons. The molecular formula is C13H15N3O4S2. The third-order valence-corrected chi connectivity index (χ3v) is 5.99. The van der Waals surface area contributed by atoms with E-state index in [0.717, 1.165) is 11.2 Å². The zero-order chi connectivity index (χ0) is 16.1. The molecular weight excluding hydrogens is 326 g/mol. The van der Waals surface area contributed by atoms with Gasteiger partial charge in [-0.3, -0.25) is 9.69 Å². The number of urea groups is 1. The number of carbonyl (C=O) groups is 2. The van der Waals surface area contributed by atoms with Crippen molar-refractivity contribution in [3.8, 4) is 0 Å². The number of anilines is 1. The lowest BCUT2D eigenvalue weighted by Gasteiger charge is -2.30. The summed E-state index contributed by atoms with van der Waals surface area (Å²) in [5.74, 6) is 0.137. The van der Waals surface area contributed by atoms with Crippen molar-refractivity contribution in [2.75, 3.05) is 30.0 Å². The topological polar surface area (TPSA) is 101 Å². The predicted octanol–water partition coefficient (Wildman–Crippen LogP) is 0.292. The van der Waals surface area contributed by atoms with Gasteiger partial charge in [-0.2, -0.15) is 0 Å². The van der Waals surface area contributed by atoms with Crippen molar-refractivity contribution in [2.45, 2.75) is 15.8 Å². The molecule has 2 aliphatic heterocycles. The van der Waals surface area contributed by atoms with E-state index in [2.05, 4.69) is 0 Å². The molecule has 22 heavy (non-hydrogen) atoms. The molecule has 2 heterocycles. The predicted molar refractivity (Wildman–Crippen MR) is 82.7 cm³/mol. The van der Waals surface area contributed by atoms with Crippen molar-refractivity contribution in [1.29, 1.82) is 0 Å². The Kier molecular flexibility index (Phi) is 3.56. The van der Waals surface area contributed by atoms with E-state index in [1.807, 2.05) is 0 Å². The van der Waals surface area contributed by atoms with Crippen LogP contribution in [0.15, 0.2) is 28.0 Å². The first-order chi connectivity index (χ1) is 10.3. The van der Waals surface area contributed by atoms with Crippen LogP contribution in [0, 0.1) is 0 Å². The summed E-state index contributed by atoms with van der Waals surface area (Å²) in [6.07, 6.45) is 1.13. The van der Waals surface area contributed by atoms with Crippen molar-refractivity contribution < 1.29 is 18.0 Å². The fraction of sp³-hybridized carbons (Fsp3) is 0.385. The number of carbonyl (C=O) groups excluding carboxylic acids is 2. The normalized spacial score (nSPS) is 20.8. The van der Waals surface area contributed by atoms with Crippen molar-refractivity contribution in [3.63, 3.8) is 0 Å². The molecule has 9 heteroatoms. The Morgan fingerprint density at radius 3 is 2.82 bits per heavy atom. The third-order valence-electron chi connectivity index (χ3n) is 3.67. The fourth-order valence-corrected chi connectivity index (χ4v) is 4.43. The first-order valence-corrected chi connectivity index (χ1v) is 9.48. The molecule has 0 aliphatic carbocycles. The summed E-state index contributed by atoms with van der Waals surface area (Å²) in [6, 6.07) is 4.39. The lowest BCUT2D eigenvalue weighted by atomic mass is 10.2. The van der Waals surface area contributed by atoms with Crippen molar-refractivity contribution >= 4 is 39.2 Å². The second kappa shape index (κ2) is 5.17. The zero-order valence-corrected chi connectivity index (χ0v) is 13.5. The second-order valence-electron chi connectivity index (χ2n) is 5.37. The van der Waals surface area contributed by atoms with E-state index in [1.165, 1.54) is 11.0 Å². The lowest BCUT2D eigenvalue weighted by Crippen LogP contribution is -2.40. The van der Waals surface area contributed by atoms with Crippen LogP contribution in [0.25, 0.3) is 0 Å². The number of amides is 3. The largest absolute Gasteiger partial charge is 0.368 e. The fourth-order valence-electron chi connectivity index (χ4n) is 2.69. The highest BCUT2D eigenvalue weighted by Gasteiger charge is 2.42. The van der Waals surface area contributed by atoms with Crippen LogP contribution >= 0.6 is 11.8 Å². The molecule has 1 atom stereocenters. The maximum Gasteiger partial charge on any atom is 0.325 e. The molecule has 1 fully saturated rings. The highest BCUT2D eigenvalue weighted by molar-refractivity contribution is 7.99. The maximum absolute atomic E-state index is 12.5. The molecule has 1 unspecified atom stereocenters. The van der Waals surface area contributed by atoms with E-state index >= 15 is 0 Å². The van der Waals surface area contributed by atoms with Crippen molar-refractivity contribution in [3.05, 3.63) is 18.2 Å². The van der Waals surface area contributed by atoms with E-state index in [0.29, 0.717) is 18.0 Å². The van der Waals surface area contributed by atoms with E-state index in [-0.39, 0.29) is 23.5 Å². The molecule has 0 bridgehead atoms. The summed E-state index contributed by atoms with van der Waals surface area (Å²) in [6.45, 7) is 0.287. The number of benzene rings is 1. The van der Waals surface area contributed by atoms with Crippen LogP contribution < -0.4 is 10.6 Å². The molecule has 3 rings (SSSR count). The summed E-state index contributed by atoms with van der Waals surface area (Å²) in [4.78, 5) is 27.6. The summed E-state index contributed by atoms with van der Waals surface area (Å²) in [5, 5.41) is 0. The monoisotopic (exact) mass is 341 g/mol. The van der Waals surface area contributed by atoms with Gasteiger partial charge in [-0.1, -0.05) is 0 Å². The summed E-state index contributed by atoms with van der Waals surface area (Å²) < 4.78 is 23.4. The first kappa shape index (κ1) is 15.2. The molecule has 1 aromatic carbocycles. The molecule has 0 aromatic heterocycles. The Balaban J connectivity index is 2.01. The molecule has 1 aromatic rings. The number of primary amides is 1. The minimum Gasteiger partial charge on any atom is -0.368 e. The van der Waals surface area contributed by atoms with Crippen LogP contribution in [0.2, 0.25) is 0 Å². The minimum atomic E-state index is -3.35. The van der Waals surface area contributed by atoms with Crippen LogP contribution in [-0.2, 0) is 14.6 Å². The summed E-state index contributed by atoms with van der Waals surface area (Å²) >= 11 is 1.58. The lowest BCUT2D eigenvalue weighted by molar-refractivity contribution is -0.118. The van der Waals surface area contributed by atoms with Gasteiger partial charge >= 0.3 is 6.03 Å². The number of hydrogen-bond acceptors (Lipinski definition) is 5. The van der Waals surface area contributed by atoms with Crippen molar-refractivity contribution in [2.24, 2.45) is 5.73 Å². The Labute approximate surface area is 132 Å². The Bertz CT molecular complexity index is 763. The standard InChI is InChI=1S/C13H15N3O4S2/c1-22(19,20)9-2-3-11-10(4-9)16-8(7-21-11)5-15(13(16)18)6-12(14)17/h2-4,8H,5-7H2,1H3,(H2,14,17). The molecule has 1 saturated heterocycles. The number of nitrogens with two attached hydrogens (primary N) is 1. The van der Waals surface area contributed by atoms with Crippen LogP contribution in [0.4, 0.5) is 10.5 Å². The summed E-state index contributed by atoms with van der Waals surface area (Å²) in [5.41, 5.74) is 5.75. The first-order valence-electron chi connectivity index (χ1n) is 6.60. The maximum atomic E-state index is 12.5. The van der Waals surface area contributed by atoms with Crippen LogP contribution in [0.5, 0.6) is 0 Å². The molecule has 3 amide bonds. The molecule has 7 nitrogen and oxygen atoms in total. The van der Waals surface area contributed by atoms with Gasteiger partial charge in [-0.25, -0.2) is 13.2 Å². The SMILES string of the molecule is CS(=O)(=O)c1ccc2c(c1)N1C(=O)N(CC(N)=O)CC1CS2. The third kappa shape index (κ3) is 2.54. The van der Waals surface area contributed by atoms with E-state index in [9.17, 15) is 18.0 Å². The summed E-state index contributed by atoms with van der Waals surface area (Å²) in [7, 11) is -3.35. The van der Waals surface area contributed by atoms with Gasteiger partial charge < -0.3 is 10.6 Å². The molecule has 0 radical (unpaired) electrons. The highest BCUT2D eigenvalue weighted by atomic mass is 32.2. The van der Waals surface area contributed by atoms with E-state index in [1.54, 1.807) is 28.8 Å². The van der Waals surface area contributed by atoms with Gasteiger partial charge in [0.15, 0.2) is 9.84 Å². The number of sulfone groups is 1. The number of nitrogens with zero attached hydrogens (tertiary/aromatic N) is 2. The van der Waals surface area contributed by atoms with Gasteiger partial charge in [-0.05, 0) is 18.2 Å². The minimum absolute atomic E-state index is 0.0841. The van der Waals surface area contributed by atoms with E-state index < -0.39 is 15.7 Å². The Morgan fingerprint density at radius 2 is 2.18 bits per heavy atom. The van der Waals surface area contributed by atoms with Crippen LogP contribution in [-0.4, -0.2) is 56.4 Å². The average molecular weight is 341 g/mol. The Morgan fingerprint density at radius 1 is 1.45 bits per heavy atom. The quantitative estimate of drug-likeness (QED) is 0.852. The average Bonchev–Trinajstić information content (AvgIpc) is 2.73. The van der Waals surface area contributed by atoms with Crippen LogP contribution in [0.3, 0.4) is 0 Å². The van der Waals surface area contributed by atoms with Gasteiger partial charge in [0, 0.05) is 23.4 Å². The van der Waals surface area contributed by atoms with Crippen molar-refractivity contribution in [1.82, 2.24) is 4.90 Å². The molecule has 0 saturated carbocycles. The van der Waals surface area contributed by atoms with E-state index in [4.69, 9.17) is 5.73 Å². The van der Waals surface area contributed by atoms with Gasteiger partial charge in [0.2, 0.25) is 5.91 Å². The molecule has 2 N–H and O–H groups in total. The number of thioether (sulfide) groups is 1. The van der Waals surface area contributed by atoms with Gasteiger partial charge in [-0.15, -0.1) is 11.8 Å². The second-order valence-corrected chi connectivity index (χ2v) is 8.44. The highest BCUT2D eigenvalue weighted by Crippen LogP contribution is 2.41. The van der Waals surface area contributed by atoms with Gasteiger partial charge in [0.25, 0.3) is 0 Å². The molecule has 0 spiro atoms. The number of fused-ring (bicyclic) bond motifs is 3. The van der Waals surface area contributed by atoms with Gasteiger partial charge in [0.1, 0.15) is 6.54 Å². The zero-order valence-electron chi connectivity index (χ0n) is 11.9. The smallest absolute Gasteiger partial charge is 0.325 e.